The molecular weight excluding hydrogens is 354 g/mol. The van der Waals surface area contributed by atoms with Gasteiger partial charge in [-0.15, -0.1) is 0 Å². The zero-order valence-electron chi connectivity index (χ0n) is 15.9. The summed E-state index contributed by atoms with van der Waals surface area (Å²) in [6.45, 7) is 5.48. The fraction of sp³-hybridized carbons (Fsp3) is 0.316. The van der Waals surface area contributed by atoms with E-state index in [1.165, 1.54) is 0 Å². The Labute approximate surface area is 162 Å². The molecule has 9 nitrogen and oxygen atoms in total. The second-order valence-corrected chi connectivity index (χ2v) is 7.02. The fourth-order valence-corrected chi connectivity index (χ4v) is 3.57. The molecule has 1 fully saturated rings. The van der Waals surface area contributed by atoms with Gasteiger partial charge in [0, 0.05) is 39.4 Å². The fourth-order valence-electron chi connectivity index (χ4n) is 3.57. The standard InChI is InChI=1S/C19H21N9/c1-14-10-23-28(11-14)16-5-3-4-15(24-16)26-6-8-27(9-7-26)19-17-18(20-12-21-19)25(2)13-22-17/h3-5,10-13H,6-9H2,1-2H3. The zero-order valence-corrected chi connectivity index (χ0v) is 15.9. The molecule has 0 saturated carbocycles. The van der Waals surface area contributed by atoms with E-state index in [9.17, 15) is 0 Å². The number of pyridine rings is 1. The lowest BCUT2D eigenvalue weighted by molar-refractivity contribution is 0.641. The number of fused-ring (bicyclic) bond motifs is 1. The zero-order chi connectivity index (χ0) is 19.1. The van der Waals surface area contributed by atoms with Crippen molar-refractivity contribution in [3.63, 3.8) is 0 Å². The van der Waals surface area contributed by atoms with Crippen molar-refractivity contribution in [1.29, 1.82) is 0 Å². The minimum atomic E-state index is 0.832. The molecule has 0 radical (unpaired) electrons. The summed E-state index contributed by atoms with van der Waals surface area (Å²) < 4.78 is 3.73. The maximum absolute atomic E-state index is 4.80. The van der Waals surface area contributed by atoms with Crippen molar-refractivity contribution in [2.45, 2.75) is 6.92 Å². The van der Waals surface area contributed by atoms with Gasteiger partial charge >= 0.3 is 0 Å². The quantitative estimate of drug-likeness (QED) is 0.538. The average molecular weight is 375 g/mol. The van der Waals surface area contributed by atoms with Crippen LogP contribution in [0.15, 0.2) is 43.2 Å². The SMILES string of the molecule is Cc1cnn(-c2cccc(N3CCN(c4ncnc5c4ncn5C)CC3)n2)c1. The van der Waals surface area contributed by atoms with Crippen LogP contribution in [0, 0.1) is 6.92 Å². The molecule has 5 heterocycles. The van der Waals surface area contributed by atoms with Gasteiger partial charge < -0.3 is 14.4 Å². The van der Waals surface area contributed by atoms with E-state index in [1.807, 2.05) is 47.7 Å². The second-order valence-electron chi connectivity index (χ2n) is 7.02. The molecule has 4 aromatic heterocycles. The highest BCUT2D eigenvalue weighted by molar-refractivity contribution is 5.83. The number of rotatable bonds is 3. The van der Waals surface area contributed by atoms with Crippen molar-refractivity contribution >= 4 is 22.8 Å². The molecule has 0 spiro atoms. The maximum atomic E-state index is 4.80. The first-order chi connectivity index (χ1) is 13.7. The molecule has 4 aromatic rings. The van der Waals surface area contributed by atoms with E-state index in [-0.39, 0.29) is 0 Å². The van der Waals surface area contributed by atoms with E-state index in [0.717, 1.165) is 60.4 Å². The van der Waals surface area contributed by atoms with Gasteiger partial charge in [-0.3, -0.25) is 0 Å². The second kappa shape index (κ2) is 6.59. The summed E-state index contributed by atoms with van der Waals surface area (Å²) in [7, 11) is 1.95. The van der Waals surface area contributed by atoms with Gasteiger partial charge in [-0.05, 0) is 24.6 Å². The number of anilines is 2. The first-order valence-corrected chi connectivity index (χ1v) is 9.30. The molecule has 0 N–H and O–H groups in total. The number of aryl methyl sites for hydroxylation is 2. The highest BCUT2D eigenvalue weighted by atomic mass is 15.3. The van der Waals surface area contributed by atoms with Gasteiger partial charge in [-0.25, -0.2) is 24.6 Å². The molecule has 0 atom stereocenters. The van der Waals surface area contributed by atoms with E-state index in [2.05, 4.69) is 35.9 Å². The van der Waals surface area contributed by atoms with E-state index in [1.54, 1.807) is 12.7 Å². The van der Waals surface area contributed by atoms with Crippen molar-refractivity contribution in [2.24, 2.45) is 7.05 Å². The van der Waals surface area contributed by atoms with Crippen LogP contribution in [0.3, 0.4) is 0 Å². The number of imidazole rings is 1. The van der Waals surface area contributed by atoms with E-state index in [4.69, 9.17) is 4.98 Å². The highest BCUT2D eigenvalue weighted by Gasteiger charge is 2.22. The Balaban J connectivity index is 1.35. The van der Waals surface area contributed by atoms with Gasteiger partial charge in [0.05, 0.1) is 12.5 Å². The Bertz CT molecular complexity index is 1120. The van der Waals surface area contributed by atoms with Crippen molar-refractivity contribution in [3.8, 4) is 5.82 Å². The Morgan fingerprint density at radius 2 is 1.71 bits per heavy atom. The van der Waals surface area contributed by atoms with E-state index in [0.29, 0.717) is 0 Å². The van der Waals surface area contributed by atoms with Crippen LogP contribution >= 0.6 is 0 Å². The van der Waals surface area contributed by atoms with Crippen LogP contribution in [0.4, 0.5) is 11.6 Å². The number of hydrogen-bond acceptors (Lipinski definition) is 7. The largest absolute Gasteiger partial charge is 0.353 e. The summed E-state index contributed by atoms with van der Waals surface area (Å²) in [4.78, 5) is 22.7. The van der Waals surface area contributed by atoms with Gasteiger partial charge in [-0.1, -0.05) is 6.07 Å². The summed E-state index contributed by atoms with van der Waals surface area (Å²) in [6, 6.07) is 6.06. The predicted octanol–water partition coefficient (Wildman–Crippen LogP) is 1.58. The summed E-state index contributed by atoms with van der Waals surface area (Å²) in [5.74, 6) is 2.70. The lowest BCUT2D eigenvalue weighted by Gasteiger charge is -2.36. The minimum Gasteiger partial charge on any atom is -0.353 e. The molecule has 0 amide bonds. The molecule has 5 rings (SSSR count). The Morgan fingerprint density at radius 3 is 2.50 bits per heavy atom. The average Bonchev–Trinajstić information content (AvgIpc) is 3.34. The molecule has 1 aliphatic heterocycles. The maximum Gasteiger partial charge on any atom is 0.165 e. The number of aromatic nitrogens is 7. The third-order valence-electron chi connectivity index (χ3n) is 5.05. The molecule has 9 heteroatoms. The van der Waals surface area contributed by atoms with Gasteiger partial charge in [0.25, 0.3) is 0 Å². The van der Waals surface area contributed by atoms with Crippen LogP contribution in [0.2, 0.25) is 0 Å². The molecule has 0 unspecified atom stereocenters. The Hall–Kier alpha value is -3.49. The predicted molar refractivity (Wildman–Crippen MR) is 107 cm³/mol. The molecule has 142 valence electrons. The van der Waals surface area contributed by atoms with Crippen molar-refractivity contribution in [3.05, 3.63) is 48.8 Å². The topological polar surface area (TPSA) is 80.8 Å². The summed E-state index contributed by atoms with van der Waals surface area (Å²) in [5.41, 5.74) is 2.83. The van der Waals surface area contributed by atoms with Crippen LogP contribution in [0.1, 0.15) is 5.56 Å². The van der Waals surface area contributed by atoms with Crippen LogP contribution in [0.25, 0.3) is 17.0 Å². The third kappa shape index (κ3) is 2.84. The smallest absolute Gasteiger partial charge is 0.165 e. The number of nitrogens with zero attached hydrogens (tertiary/aromatic N) is 9. The van der Waals surface area contributed by atoms with Crippen LogP contribution in [-0.2, 0) is 7.05 Å². The van der Waals surface area contributed by atoms with Crippen LogP contribution in [0.5, 0.6) is 0 Å². The monoisotopic (exact) mass is 375 g/mol. The van der Waals surface area contributed by atoms with Gasteiger partial charge in [0.15, 0.2) is 22.8 Å². The van der Waals surface area contributed by atoms with Crippen molar-refractivity contribution in [2.75, 3.05) is 36.0 Å². The molecule has 1 aliphatic rings. The first-order valence-electron chi connectivity index (χ1n) is 9.30. The molecule has 0 aromatic carbocycles. The third-order valence-corrected chi connectivity index (χ3v) is 5.05. The van der Waals surface area contributed by atoms with Gasteiger partial charge in [-0.2, -0.15) is 5.10 Å². The van der Waals surface area contributed by atoms with Crippen LogP contribution in [-0.4, -0.2) is 60.5 Å². The Kier molecular flexibility index (Phi) is 3.92. The van der Waals surface area contributed by atoms with Crippen molar-refractivity contribution < 1.29 is 0 Å². The Morgan fingerprint density at radius 1 is 0.929 bits per heavy atom. The number of hydrogen-bond donors (Lipinski definition) is 0. The summed E-state index contributed by atoms with van der Waals surface area (Å²) in [5, 5.41) is 4.36. The lowest BCUT2D eigenvalue weighted by Crippen LogP contribution is -2.47. The minimum absolute atomic E-state index is 0.832. The van der Waals surface area contributed by atoms with Gasteiger partial charge in [0.1, 0.15) is 12.1 Å². The number of piperazine rings is 1. The first kappa shape index (κ1) is 16.7. The van der Waals surface area contributed by atoms with Gasteiger partial charge in [0.2, 0.25) is 0 Å². The molecule has 1 saturated heterocycles. The normalized spacial score (nSPS) is 14.8. The molecular formula is C19H21N9. The highest BCUT2D eigenvalue weighted by Crippen LogP contribution is 2.23. The van der Waals surface area contributed by atoms with E-state index < -0.39 is 0 Å². The summed E-state index contributed by atoms with van der Waals surface area (Å²) >= 11 is 0. The van der Waals surface area contributed by atoms with Crippen LogP contribution < -0.4 is 9.80 Å². The van der Waals surface area contributed by atoms with E-state index >= 15 is 0 Å². The molecule has 28 heavy (non-hydrogen) atoms. The molecule has 0 bridgehead atoms. The van der Waals surface area contributed by atoms with Crippen molar-refractivity contribution in [1.82, 2.24) is 34.3 Å². The molecule has 0 aliphatic carbocycles. The summed E-state index contributed by atoms with van der Waals surface area (Å²) in [6.07, 6.45) is 7.22. The lowest BCUT2D eigenvalue weighted by atomic mass is 10.3.